The van der Waals surface area contributed by atoms with E-state index in [4.69, 9.17) is 9.84 Å². The summed E-state index contributed by atoms with van der Waals surface area (Å²) in [5, 5.41) is 11.9. The molecule has 7 heteroatoms. The number of carbonyl (C=O) groups excluding carboxylic acids is 2. The van der Waals surface area contributed by atoms with Crippen molar-refractivity contribution in [3.8, 4) is 11.1 Å². The summed E-state index contributed by atoms with van der Waals surface area (Å²) in [5.41, 5.74) is 4.56. The van der Waals surface area contributed by atoms with Crippen LogP contribution in [-0.2, 0) is 14.3 Å². The molecule has 1 aliphatic carbocycles. The highest BCUT2D eigenvalue weighted by Gasteiger charge is 2.30. The predicted octanol–water partition coefficient (Wildman–Crippen LogP) is 3.87. The van der Waals surface area contributed by atoms with Gasteiger partial charge in [-0.2, -0.15) is 0 Å². The zero-order valence-electron chi connectivity index (χ0n) is 18.9. The average molecular weight is 439 g/mol. The average Bonchev–Trinajstić information content (AvgIpc) is 3.09. The van der Waals surface area contributed by atoms with Crippen molar-refractivity contribution in [2.45, 2.75) is 45.2 Å². The van der Waals surface area contributed by atoms with E-state index >= 15 is 0 Å². The van der Waals surface area contributed by atoms with Crippen LogP contribution in [0, 0.1) is 5.92 Å². The summed E-state index contributed by atoms with van der Waals surface area (Å²) in [6.45, 7) is 5.42. The molecule has 2 atom stereocenters. The van der Waals surface area contributed by atoms with Crippen LogP contribution >= 0.6 is 0 Å². The Bertz CT molecular complexity index is 958. The second kappa shape index (κ2) is 9.85. The monoisotopic (exact) mass is 438 g/mol. The molecule has 2 aromatic rings. The molecule has 170 valence electrons. The number of nitrogens with one attached hydrogen (secondary N) is 1. The summed E-state index contributed by atoms with van der Waals surface area (Å²) in [4.78, 5) is 37.4. The normalized spacial score (nSPS) is 14.3. The number of carboxylic acid groups (broad SMARTS) is 1. The molecule has 0 aromatic heterocycles. The first-order valence-corrected chi connectivity index (χ1v) is 10.8. The second-order valence-electron chi connectivity index (χ2n) is 8.54. The molecule has 0 fully saturated rings. The lowest BCUT2D eigenvalue weighted by Gasteiger charge is -2.27. The molecule has 32 heavy (non-hydrogen) atoms. The highest BCUT2D eigenvalue weighted by Crippen LogP contribution is 2.44. The molecule has 0 unspecified atom stereocenters. The molecule has 1 aliphatic rings. The minimum Gasteiger partial charge on any atom is -0.480 e. The smallest absolute Gasteiger partial charge is 0.407 e. The Morgan fingerprint density at radius 2 is 1.53 bits per heavy atom. The number of rotatable bonds is 8. The largest absolute Gasteiger partial charge is 0.480 e. The molecule has 3 rings (SSSR count). The molecular weight excluding hydrogens is 408 g/mol. The lowest BCUT2D eigenvalue weighted by molar-refractivity contribution is -0.148. The van der Waals surface area contributed by atoms with Crippen LogP contribution in [0.1, 0.15) is 44.2 Å². The van der Waals surface area contributed by atoms with Crippen LogP contribution in [-0.4, -0.2) is 53.7 Å². The standard InChI is InChI=1S/C25H30N2O5/c1-15(2)22(13-23(28)27(4)16(3)24(29)30)26-25(31)32-14-21-19-11-7-5-9-17(19)18-10-6-8-12-20(18)21/h5-12,15-16,21-22H,13-14H2,1-4H3,(H,26,31)(H,29,30)/t16-,22-/m0/s1. The van der Waals surface area contributed by atoms with Crippen LogP contribution in [0.2, 0.25) is 0 Å². The molecule has 0 heterocycles. The Labute approximate surface area is 188 Å². The quantitative estimate of drug-likeness (QED) is 0.652. The number of hydrogen-bond donors (Lipinski definition) is 2. The van der Waals surface area contributed by atoms with Crippen molar-refractivity contribution in [3.63, 3.8) is 0 Å². The lowest BCUT2D eigenvalue weighted by atomic mass is 9.98. The highest BCUT2D eigenvalue weighted by atomic mass is 16.5. The third-order valence-electron chi connectivity index (χ3n) is 6.18. The van der Waals surface area contributed by atoms with E-state index in [9.17, 15) is 14.4 Å². The van der Waals surface area contributed by atoms with E-state index in [1.165, 1.54) is 18.9 Å². The van der Waals surface area contributed by atoms with Gasteiger partial charge < -0.3 is 20.1 Å². The van der Waals surface area contributed by atoms with Gasteiger partial charge in [0.05, 0.1) is 0 Å². The van der Waals surface area contributed by atoms with Gasteiger partial charge in [-0.05, 0) is 35.1 Å². The van der Waals surface area contributed by atoms with Gasteiger partial charge in [-0.25, -0.2) is 9.59 Å². The fourth-order valence-electron chi connectivity index (χ4n) is 3.96. The molecule has 2 amide bonds. The summed E-state index contributed by atoms with van der Waals surface area (Å²) in [7, 11) is 1.45. The molecule has 0 radical (unpaired) electrons. The maximum absolute atomic E-state index is 12.6. The topological polar surface area (TPSA) is 95.9 Å². The number of amides is 2. The Morgan fingerprint density at radius 1 is 1.00 bits per heavy atom. The van der Waals surface area contributed by atoms with Crippen LogP contribution in [0.15, 0.2) is 48.5 Å². The fourth-order valence-corrected chi connectivity index (χ4v) is 3.96. The Balaban J connectivity index is 1.63. The molecule has 7 nitrogen and oxygen atoms in total. The summed E-state index contributed by atoms with van der Waals surface area (Å²) in [6.07, 6.45) is -0.594. The van der Waals surface area contributed by atoms with Gasteiger partial charge in [0, 0.05) is 25.4 Å². The van der Waals surface area contributed by atoms with E-state index in [0.29, 0.717) is 0 Å². The summed E-state index contributed by atoms with van der Waals surface area (Å²) < 4.78 is 5.58. The van der Waals surface area contributed by atoms with E-state index in [-0.39, 0.29) is 30.8 Å². The zero-order chi connectivity index (χ0) is 23.4. The van der Waals surface area contributed by atoms with Gasteiger partial charge in [-0.1, -0.05) is 62.4 Å². The fraction of sp³-hybridized carbons (Fsp3) is 0.400. The van der Waals surface area contributed by atoms with Crippen molar-refractivity contribution >= 4 is 18.0 Å². The molecule has 0 saturated carbocycles. The van der Waals surface area contributed by atoms with Crippen LogP contribution in [0.5, 0.6) is 0 Å². The minimum absolute atomic E-state index is 0.00399. The van der Waals surface area contributed by atoms with Crippen molar-refractivity contribution in [2.75, 3.05) is 13.7 Å². The van der Waals surface area contributed by atoms with Gasteiger partial charge in [-0.3, -0.25) is 4.79 Å². The lowest BCUT2D eigenvalue weighted by Crippen LogP contribution is -2.46. The number of ether oxygens (including phenoxy) is 1. The summed E-state index contributed by atoms with van der Waals surface area (Å²) in [6, 6.07) is 14.8. The highest BCUT2D eigenvalue weighted by molar-refractivity contribution is 5.84. The number of carbonyl (C=O) groups is 3. The maximum atomic E-state index is 12.6. The minimum atomic E-state index is -1.08. The SMILES string of the molecule is CC(C)[C@H](CC(=O)N(C)[C@@H](C)C(=O)O)NC(=O)OCC1c2ccccc2-c2ccccc21. The summed E-state index contributed by atoms with van der Waals surface area (Å²) in [5.74, 6) is -1.51. The second-order valence-corrected chi connectivity index (χ2v) is 8.54. The van der Waals surface area contributed by atoms with Crippen LogP contribution in [0.3, 0.4) is 0 Å². The predicted molar refractivity (Wildman–Crippen MR) is 121 cm³/mol. The Kier molecular flexibility index (Phi) is 7.18. The molecule has 0 bridgehead atoms. The number of fused-ring (bicyclic) bond motifs is 3. The van der Waals surface area contributed by atoms with Gasteiger partial charge in [-0.15, -0.1) is 0 Å². The van der Waals surface area contributed by atoms with Gasteiger partial charge in [0.2, 0.25) is 5.91 Å². The van der Waals surface area contributed by atoms with Crippen LogP contribution < -0.4 is 5.32 Å². The third kappa shape index (κ3) is 4.93. The number of likely N-dealkylation sites (N-methyl/N-ethyl adjacent to an activating group) is 1. The molecule has 0 saturated heterocycles. The molecule has 0 aliphatic heterocycles. The van der Waals surface area contributed by atoms with Crippen molar-refractivity contribution in [3.05, 3.63) is 59.7 Å². The third-order valence-corrected chi connectivity index (χ3v) is 6.18. The number of alkyl carbamates (subject to hydrolysis) is 1. The number of benzene rings is 2. The van der Waals surface area contributed by atoms with Gasteiger partial charge in [0.25, 0.3) is 0 Å². The van der Waals surface area contributed by atoms with Gasteiger partial charge in [0.1, 0.15) is 12.6 Å². The van der Waals surface area contributed by atoms with Crippen molar-refractivity contribution in [2.24, 2.45) is 5.92 Å². The van der Waals surface area contributed by atoms with Crippen molar-refractivity contribution < 1.29 is 24.2 Å². The van der Waals surface area contributed by atoms with E-state index in [0.717, 1.165) is 22.3 Å². The number of hydrogen-bond acceptors (Lipinski definition) is 4. The Hall–Kier alpha value is -3.35. The van der Waals surface area contributed by atoms with Crippen molar-refractivity contribution in [1.29, 1.82) is 0 Å². The first-order chi connectivity index (χ1) is 15.2. The van der Waals surface area contributed by atoms with Gasteiger partial charge in [0.15, 0.2) is 0 Å². The first-order valence-electron chi connectivity index (χ1n) is 10.8. The van der Waals surface area contributed by atoms with E-state index in [1.807, 2.05) is 38.1 Å². The van der Waals surface area contributed by atoms with Gasteiger partial charge >= 0.3 is 12.1 Å². The molecule has 2 aromatic carbocycles. The molecular formula is C25H30N2O5. The van der Waals surface area contributed by atoms with E-state index < -0.39 is 24.1 Å². The zero-order valence-corrected chi connectivity index (χ0v) is 18.9. The Morgan fingerprint density at radius 3 is 2.03 bits per heavy atom. The first kappa shape index (κ1) is 23.3. The maximum Gasteiger partial charge on any atom is 0.407 e. The number of nitrogens with zero attached hydrogens (tertiary/aromatic N) is 1. The summed E-state index contributed by atoms with van der Waals surface area (Å²) >= 11 is 0. The number of aliphatic carboxylic acids is 1. The van der Waals surface area contributed by atoms with Crippen LogP contribution in [0.4, 0.5) is 4.79 Å². The van der Waals surface area contributed by atoms with Crippen LogP contribution in [0.25, 0.3) is 11.1 Å². The molecule has 2 N–H and O–H groups in total. The van der Waals surface area contributed by atoms with E-state index in [1.54, 1.807) is 0 Å². The molecule has 0 spiro atoms. The number of carboxylic acids is 1. The van der Waals surface area contributed by atoms with Crippen molar-refractivity contribution in [1.82, 2.24) is 10.2 Å². The van der Waals surface area contributed by atoms with E-state index in [2.05, 4.69) is 29.6 Å².